The van der Waals surface area contributed by atoms with Crippen molar-refractivity contribution in [1.29, 1.82) is 0 Å². The normalized spacial score (nSPS) is 10.8. The van der Waals surface area contributed by atoms with Crippen LogP contribution in [0.15, 0.2) is 42.5 Å². The second-order valence-corrected chi connectivity index (χ2v) is 4.52. The number of nitrogen functional groups attached to an aromatic ring is 1. The first-order chi connectivity index (χ1) is 8.08. The summed E-state index contributed by atoms with van der Waals surface area (Å²) < 4.78 is 13.7. The number of benzene rings is 2. The van der Waals surface area contributed by atoms with E-state index in [1.54, 1.807) is 12.1 Å². The summed E-state index contributed by atoms with van der Waals surface area (Å²) in [6, 6.07) is 12.8. The van der Waals surface area contributed by atoms with Gasteiger partial charge in [-0.25, -0.2) is 4.39 Å². The van der Waals surface area contributed by atoms with E-state index in [0.717, 1.165) is 5.56 Å². The molecule has 2 rings (SSSR count). The van der Waals surface area contributed by atoms with Gasteiger partial charge < -0.3 is 5.73 Å². The van der Waals surface area contributed by atoms with E-state index in [1.807, 2.05) is 24.3 Å². The minimum Gasteiger partial charge on any atom is -0.399 e. The Kier molecular flexibility index (Phi) is 3.14. The van der Waals surface area contributed by atoms with Gasteiger partial charge in [0.05, 0.1) is 0 Å². The molecule has 0 radical (unpaired) electrons. The first-order valence-corrected chi connectivity index (χ1v) is 5.73. The van der Waals surface area contributed by atoms with Crippen LogP contribution in [0.2, 0.25) is 0 Å². The summed E-state index contributed by atoms with van der Waals surface area (Å²) in [6.07, 6.45) is 0. The van der Waals surface area contributed by atoms with Crippen LogP contribution in [0.25, 0.3) is 11.1 Å². The summed E-state index contributed by atoms with van der Waals surface area (Å²) >= 11 is 0. The van der Waals surface area contributed by atoms with Gasteiger partial charge >= 0.3 is 0 Å². The molecule has 0 bridgehead atoms. The van der Waals surface area contributed by atoms with Crippen molar-refractivity contribution in [2.45, 2.75) is 19.8 Å². The lowest BCUT2D eigenvalue weighted by Crippen LogP contribution is -1.90. The minimum atomic E-state index is -0.276. The van der Waals surface area contributed by atoms with Crippen molar-refractivity contribution in [1.82, 2.24) is 0 Å². The molecule has 2 aromatic rings. The average molecular weight is 229 g/mol. The molecule has 1 nitrogen and oxygen atoms in total. The van der Waals surface area contributed by atoms with Crippen LogP contribution in [-0.2, 0) is 0 Å². The average Bonchev–Trinajstić information content (AvgIpc) is 2.29. The van der Waals surface area contributed by atoms with E-state index < -0.39 is 0 Å². The molecule has 0 saturated carbocycles. The van der Waals surface area contributed by atoms with Gasteiger partial charge in [0.2, 0.25) is 0 Å². The van der Waals surface area contributed by atoms with E-state index in [9.17, 15) is 4.39 Å². The Bertz CT molecular complexity index is 515. The molecular weight excluding hydrogens is 213 g/mol. The first-order valence-electron chi connectivity index (χ1n) is 5.73. The van der Waals surface area contributed by atoms with E-state index in [1.165, 1.54) is 11.6 Å². The third-order valence-corrected chi connectivity index (χ3v) is 2.88. The van der Waals surface area contributed by atoms with Crippen LogP contribution in [0.1, 0.15) is 25.3 Å². The molecule has 88 valence electrons. The standard InChI is InChI=1S/C15H16FN/c1-10(2)11-3-5-12(6-4-11)14-8-7-13(17)9-15(14)16/h3-10H,17H2,1-2H3. The molecule has 0 aliphatic carbocycles. The fourth-order valence-electron chi connectivity index (χ4n) is 1.81. The zero-order valence-corrected chi connectivity index (χ0v) is 10.1. The summed E-state index contributed by atoms with van der Waals surface area (Å²) in [5, 5.41) is 0. The summed E-state index contributed by atoms with van der Waals surface area (Å²) in [6.45, 7) is 4.28. The molecular formula is C15H16FN. The lowest BCUT2D eigenvalue weighted by molar-refractivity contribution is 0.632. The van der Waals surface area contributed by atoms with Crippen LogP contribution in [0, 0.1) is 5.82 Å². The number of rotatable bonds is 2. The fraction of sp³-hybridized carbons (Fsp3) is 0.200. The highest BCUT2D eigenvalue weighted by atomic mass is 19.1. The van der Waals surface area contributed by atoms with Gasteiger partial charge in [0.1, 0.15) is 5.82 Å². The van der Waals surface area contributed by atoms with Gasteiger partial charge in [-0.05, 0) is 35.2 Å². The van der Waals surface area contributed by atoms with Gasteiger partial charge in [-0.2, -0.15) is 0 Å². The van der Waals surface area contributed by atoms with Gasteiger partial charge in [0.25, 0.3) is 0 Å². The molecule has 0 saturated heterocycles. The molecule has 2 N–H and O–H groups in total. The van der Waals surface area contributed by atoms with Crippen molar-refractivity contribution in [3.8, 4) is 11.1 Å². The number of halogens is 1. The van der Waals surface area contributed by atoms with E-state index >= 15 is 0 Å². The Balaban J connectivity index is 2.40. The Morgan fingerprint density at radius 1 is 1.00 bits per heavy atom. The lowest BCUT2D eigenvalue weighted by atomic mass is 9.98. The molecule has 17 heavy (non-hydrogen) atoms. The molecule has 0 aromatic heterocycles. The third kappa shape index (κ3) is 2.47. The van der Waals surface area contributed by atoms with Crippen LogP contribution in [0.5, 0.6) is 0 Å². The largest absolute Gasteiger partial charge is 0.399 e. The summed E-state index contributed by atoms with van der Waals surface area (Å²) in [7, 11) is 0. The molecule has 0 aliphatic rings. The van der Waals surface area contributed by atoms with Crippen molar-refractivity contribution in [3.63, 3.8) is 0 Å². The number of hydrogen-bond donors (Lipinski definition) is 1. The molecule has 0 fully saturated rings. The lowest BCUT2D eigenvalue weighted by Gasteiger charge is -2.08. The number of hydrogen-bond acceptors (Lipinski definition) is 1. The van der Waals surface area contributed by atoms with E-state index in [-0.39, 0.29) is 5.82 Å². The fourth-order valence-corrected chi connectivity index (χ4v) is 1.81. The zero-order valence-electron chi connectivity index (χ0n) is 10.1. The SMILES string of the molecule is CC(C)c1ccc(-c2ccc(N)cc2F)cc1. The molecule has 0 amide bonds. The van der Waals surface area contributed by atoms with E-state index in [0.29, 0.717) is 17.2 Å². The van der Waals surface area contributed by atoms with Crippen LogP contribution >= 0.6 is 0 Å². The van der Waals surface area contributed by atoms with Gasteiger partial charge in [-0.1, -0.05) is 38.1 Å². The van der Waals surface area contributed by atoms with Crippen molar-refractivity contribution in [2.75, 3.05) is 5.73 Å². The molecule has 0 heterocycles. The van der Waals surface area contributed by atoms with E-state index in [2.05, 4.69) is 13.8 Å². The quantitative estimate of drug-likeness (QED) is 0.767. The van der Waals surface area contributed by atoms with Gasteiger partial charge in [-0.3, -0.25) is 0 Å². The Hall–Kier alpha value is -1.83. The van der Waals surface area contributed by atoms with Gasteiger partial charge in [0, 0.05) is 11.3 Å². The number of nitrogens with two attached hydrogens (primary N) is 1. The topological polar surface area (TPSA) is 26.0 Å². The first kappa shape index (κ1) is 11.6. The van der Waals surface area contributed by atoms with Gasteiger partial charge in [-0.15, -0.1) is 0 Å². The molecule has 2 heteroatoms. The monoisotopic (exact) mass is 229 g/mol. The highest BCUT2D eigenvalue weighted by Crippen LogP contribution is 2.26. The summed E-state index contributed by atoms with van der Waals surface area (Å²) in [5.74, 6) is 0.211. The number of anilines is 1. The second kappa shape index (κ2) is 4.58. The highest BCUT2D eigenvalue weighted by molar-refractivity contribution is 5.66. The van der Waals surface area contributed by atoms with Crippen LogP contribution in [-0.4, -0.2) is 0 Å². The van der Waals surface area contributed by atoms with Crippen molar-refractivity contribution < 1.29 is 4.39 Å². The van der Waals surface area contributed by atoms with Crippen molar-refractivity contribution >= 4 is 5.69 Å². The summed E-state index contributed by atoms with van der Waals surface area (Å²) in [5.41, 5.74) is 8.71. The van der Waals surface area contributed by atoms with Crippen molar-refractivity contribution in [2.24, 2.45) is 0 Å². The Morgan fingerprint density at radius 3 is 2.18 bits per heavy atom. The Labute approximate surface area is 101 Å². The maximum absolute atomic E-state index is 13.7. The molecule has 0 unspecified atom stereocenters. The molecule has 0 aliphatic heterocycles. The Morgan fingerprint density at radius 2 is 1.65 bits per heavy atom. The highest BCUT2D eigenvalue weighted by Gasteiger charge is 2.06. The van der Waals surface area contributed by atoms with E-state index in [4.69, 9.17) is 5.73 Å². The van der Waals surface area contributed by atoms with Gasteiger partial charge in [0.15, 0.2) is 0 Å². The maximum atomic E-state index is 13.7. The zero-order chi connectivity index (χ0) is 12.4. The van der Waals surface area contributed by atoms with Crippen molar-refractivity contribution in [3.05, 3.63) is 53.8 Å². The predicted octanol–water partition coefficient (Wildman–Crippen LogP) is 4.20. The smallest absolute Gasteiger partial charge is 0.133 e. The summed E-state index contributed by atoms with van der Waals surface area (Å²) in [4.78, 5) is 0. The maximum Gasteiger partial charge on any atom is 0.133 e. The predicted molar refractivity (Wildman–Crippen MR) is 70.3 cm³/mol. The van der Waals surface area contributed by atoms with Crippen LogP contribution in [0.3, 0.4) is 0 Å². The minimum absolute atomic E-state index is 0.276. The third-order valence-electron chi connectivity index (χ3n) is 2.88. The second-order valence-electron chi connectivity index (χ2n) is 4.52. The molecule has 0 spiro atoms. The molecule has 2 aromatic carbocycles. The van der Waals surface area contributed by atoms with Crippen LogP contribution < -0.4 is 5.73 Å². The van der Waals surface area contributed by atoms with Crippen LogP contribution in [0.4, 0.5) is 10.1 Å². The molecule has 0 atom stereocenters.